The Bertz CT molecular complexity index is 663. The summed E-state index contributed by atoms with van der Waals surface area (Å²) in [7, 11) is 1.94. The van der Waals surface area contributed by atoms with Crippen LogP contribution in [0.4, 0.5) is 5.95 Å². The molecule has 21 heavy (non-hydrogen) atoms. The molecule has 0 unspecified atom stereocenters. The summed E-state index contributed by atoms with van der Waals surface area (Å²) in [6.45, 7) is 6.62. The molecule has 3 N–H and O–H groups in total. The summed E-state index contributed by atoms with van der Waals surface area (Å²) in [5, 5.41) is 13.2. The number of benzene rings is 1. The van der Waals surface area contributed by atoms with E-state index in [0.717, 1.165) is 24.0 Å². The van der Waals surface area contributed by atoms with Gasteiger partial charge in [0.1, 0.15) is 0 Å². The number of aromatic nitrogens is 2. The molecule has 2 rings (SSSR count). The second-order valence-corrected chi connectivity index (χ2v) is 4.73. The van der Waals surface area contributed by atoms with Gasteiger partial charge in [0.15, 0.2) is 0 Å². The van der Waals surface area contributed by atoms with Gasteiger partial charge in [-0.2, -0.15) is 0 Å². The quantitative estimate of drug-likeness (QED) is 0.712. The number of rotatable bonds is 6. The molecule has 5 heteroatoms. The van der Waals surface area contributed by atoms with Crippen molar-refractivity contribution >= 4 is 12.2 Å². The van der Waals surface area contributed by atoms with E-state index in [-0.39, 0.29) is 0 Å². The molecule has 0 radical (unpaired) electrons. The molecule has 0 amide bonds. The fraction of sp³-hybridized carbons (Fsp3) is 0.188. The standard InChI is InChI=1S/C16H19N5/c1-11-8-13(4-5-14(11)10-18-3)15-6-7-19-16(21-15)20-12(2)9-17/h4-9,17-18H,2,10H2,1,3H3,(H,19,20,21). The SMILES string of the molecule is C=C(C=N)Nc1nccc(-c2ccc(CNC)c(C)c2)n1. The number of nitrogens with zero attached hydrogens (tertiary/aromatic N) is 2. The molecule has 108 valence electrons. The van der Waals surface area contributed by atoms with E-state index in [1.807, 2.05) is 13.1 Å². The Morgan fingerprint density at radius 2 is 2.19 bits per heavy atom. The third-order valence-corrected chi connectivity index (χ3v) is 3.11. The minimum Gasteiger partial charge on any atom is -0.323 e. The van der Waals surface area contributed by atoms with Crippen LogP contribution in [0.15, 0.2) is 42.7 Å². The second-order valence-electron chi connectivity index (χ2n) is 4.73. The maximum atomic E-state index is 7.12. The summed E-state index contributed by atoms with van der Waals surface area (Å²) in [5.74, 6) is 0.443. The Morgan fingerprint density at radius 1 is 1.38 bits per heavy atom. The van der Waals surface area contributed by atoms with E-state index in [1.54, 1.807) is 6.20 Å². The summed E-state index contributed by atoms with van der Waals surface area (Å²) in [6.07, 6.45) is 2.82. The van der Waals surface area contributed by atoms with E-state index in [9.17, 15) is 0 Å². The van der Waals surface area contributed by atoms with Crippen LogP contribution >= 0.6 is 0 Å². The van der Waals surface area contributed by atoms with Crippen molar-refractivity contribution in [3.8, 4) is 11.3 Å². The van der Waals surface area contributed by atoms with Crippen molar-refractivity contribution in [3.05, 3.63) is 53.9 Å². The van der Waals surface area contributed by atoms with Gasteiger partial charge in [-0.1, -0.05) is 18.7 Å². The molecule has 0 fully saturated rings. The molecule has 5 nitrogen and oxygen atoms in total. The highest BCUT2D eigenvalue weighted by atomic mass is 15.1. The molecule has 0 aliphatic heterocycles. The third kappa shape index (κ3) is 3.73. The van der Waals surface area contributed by atoms with E-state index in [2.05, 4.69) is 52.3 Å². The van der Waals surface area contributed by atoms with E-state index in [0.29, 0.717) is 11.6 Å². The highest BCUT2D eigenvalue weighted by molar-refractivity contribution is 5.78. The van der Waals surface area contributed by atoms with Gasteiger partial charge in [-0.05, 0) is 37.2 Å². The summed E-state index contributed by atoms with van der Waals surface area (Å²) < 4.78 is 0. The number of hydrogen-bond donors (Lipinski definition) is 3. The predicted octanol–water partition coefficient (Wildman–Crippen LogP) is 2.75. The molecule has 0 atom stereocenters. The zero-order valence-electron chi connectivity index (χ0n) is 12.3. The zero-order valence-corrected chi connectivity index (χ0v) is 12.3. The van der Waals surface area contributed by atoms with Crippen LogP contribution in [0, 0.1) is 12.3 Å². The molecule has 1 aromatic carbocycles. The van der Waals surface area contributed by atoms with Crippen LogP contribution < -0.4 is 10.6 Å². The molecular formula is C16H19N5. The van der Waals surface area contributed by atoms with Gasteiger partial charge in [0.2, 0.25) is 5.95 Å². The maximum absolute atomic E-state index is 7.12. The van der Waals surface area contributed by atoms with Gasteiger partial charge in [-0.15, -0.1) is 0 Å². The van der Waals surface area contributed by atoms with Crippen LogP contribution in [0.2, 0.25) is 0 Å². The lowest BCUT2D eigenvalue weighted by Crippen LogP contribution is -2.06. The fourth-order valence-electron chi connectivity index (χ4n) is 2.00. The normalized spacial score (nSPS) is 10.2. The van der Waals surface area contributed by atoms with Crippen LogP contribution in [-0.2, 0) is 6.54 Å². The smallest absolute Gasteiger partial charge is 0.227 e. The van der Waals surface area contributed by atoms with Crippen molar-refractivity contribution in [1.29, 1.82) is 5.41 Å². The molecule has 0 saturated heterocycles. The van der Waals surface area contributed by atoms with Crippen molar-refractivity contribution in [2.24, 2.45) is 0 Å². The van der Waals surface area contributed by atoms with Crippen molar-refractivity contribution < 1.29 is 0 Å². The summed E-state index contributed by atoms with van der Waals surface area (Å²) in [5.41, 5.74) is 4.82. The largest absolute Gasteiger partial charge is 0.323 e. The Balaban J connectivity index is 2.29. The summed E-state index contributed by atoms with van der Waals surface area (Å²) in [4.78, 5) is 8.57. The van der Waals surface area contributed by atoms with Crippen LogP contribution in [-0.4, -0.2) is 23.2 Å². The first-order valence-corrected chi connectivity index (χ1v) is 6.68. The molecule has 0 spiro atoms. The highest BCUT2D eigenvalue weighted by Crippen LogP contribution is 2.21. The number of hydrogen-bond acceptors (Lipinski definition) is 5. The van der Waals surface area contributed by atoms with Gasteiger partial charge in [-0.25, -0.2) is 9.97 Å². The molecule has 0 aliphatic rings. The topological polar surface area (TPSA) is 73.7 Å². The molecule has 0 aliphatic carbocycles. The highest BCUT2D eigenvalue weighted by Gasteiger charge is 2.05. The van der Waals surface area contributed by atoms with Gasteiger partial charge in [0.05, 0.1) is 11.4 Å². The Labute approximate surface area is 124 Å². The third-order valence-electron chi connectivity index (χ3n) is 3.11. The van der Waals surface area contributed by atoms with Crippen LogP contribution in [0.3, 0.4) is 0 Å². The van der Waals surface area contributed by atoms with Gasteiger partial charge in [0.25, 0.3) is 0 Å². The van der Waals surface area contributed by atoms with Gasteiger partial charge in [-0.3, -0.25) is 0 Å². The fourth-order valence-corrected chi connectivity index (χ4v) is 2.00. The van der Waals surface area contributed by atoms with Gasteiger partial charge >= 0.3 is 0 Å². The Hall–Kier alpha value is -2.53. The van der Waals surface area contributed by atoms with Crippen molar-refractivity contribution in [2.45, 2.75) is 13.5 Å². The van der Waals surface area contributed by atoms with Crippen LogP contribution in [0.1, 0.15) is 11.1 Å². The molecule has 1 heterocycles. The van der Waals surface area contributed by atoms with Crippen LogP contribution in [0.25, 0.3) is 11.3 Å². The number of nitrogens with one attached hydrogen (secondary N) is 3. The second kappa shape index (κ2) is 6.76. The molecule has 1 aromatic heterocycles. The first kappa shape index (κ1) is 14.9. The Kier molecular flexibility index (Phi) is 4.79. The average molecular weight is 281 g/mol. The van der Waals surface area contributed by atoms with E-state index < -0.39 is 0 Å². The maximum Gasteiger partial charge on any atom is 0.227 e. The van der Waals surface area contributed by atoms with Crippen LogP contribution in [0.5, 0.6) is 0 Å². The molecule has 0 saturated carbocycles. The van der Waals surface area contributed by atoms with Crippen molar-refractivity contribution in [1.82, 2.24) is 15.3 Å². The Morgan fingerprint density at radius 3 is 2.86 bits per heavy atom. The lowest BCUT2D eigenvalue weighted by Gasteiger charge is -2.09. The van der Waals surface area contributed by atoms with E-state index in [4.69, 9.17) is 5.41 Å². The first-order chi connectivity index (χ1) is 10.1. The lowest BCUT2D eigenvalue weighted by molar-refractivity contribution is 0.812. The lowest BCUT2D eigenvalue weighted by atomic mass is 10.0. The zero-order chi connectivity index (χ0) is 15.2. The van der Waals surface area contributed by atoms with E-state index in [1.165, 1.54) is 11.1 Å². The first-order valence-electron chi connectivity index (χ1n) is 6.68. The van der Waals surface area contributed by atoms with Gasteiger partial charge < -0.3 is 16.0 Å². The predicted molar refractivity (Wildman–Crippen MR) is 86.5 cm³/mol. The van der Waals surface area contributed by atoms with Gasteiger partial charge in [0, 0.05) is 24.5 Å². The molecule has 2 aromatic rings. The monoisotopic (exact) mass is 281 g/mol. The molecular weight excluding hydrogens is 262 g/mol. The number of allylic oxidation sites excluding steroid dienone is 1. The van der Waals surface area contributed by atoms with Crippen molar-refractivity contribution in [3.63, 3.8) is 0 Å². The number of anilines is 1. The average Bonchev–Trinajstić information content (AvgIpc) is 2.49. The van der Waals surface area contributed by atoms with E-state index >= 15 is 0 Å². The molecule has 0 bridgehead atoms. The van der Waals surface area contributed by atoms with Crippen molar-refractivity contribution in [2.75, 3.05) is 12.4 Å². The minimum absolute atomic E-state index is 0.443. The minimum atomic E-state index is 0.443. The summed E-state index contributed by atoms with van der Waals surface area (Å²) >= 11 is 0. The number of aryl methyl sites for hydroxylation is 1. The summed E-state index contributed by atoms with van der Waals surface area (Å²) in [6, 6.07) is 8.14.